The van der Waals surface area contributed by atoms with E-state index in [-0.39, 0.29) is 12.0 Å². The van der Waals surface area contributed by atoms with E-state index in [2.05, 4.69) is 47.6 Å². The topological polar surface area (TPSA) is 87.7 Å². The summed E-state index contributed by atoms with van der Waals surface area (Å²) < 4.78 is 5.77. The van der Waals surface area contributed by atoms with Crippen LogP contribution in [0.4, 0.5) is 15.6 Å². The number of nitrogens with one attached hydrogen (secondary N) is 1. The minimum atomic E-state index is -0.311. The lowest BCUT2D eigenvalue weighted by atomic mass is 10.0. The zero-order chi connectivity index (χ0) is 22.2. The second-order valence-corrected chi connectivity index (χ2v) is 9.21. The SMILES string of the molecule is CCOC(=O)N1CCN(C(=O)CSc2nnc(Nc3c(CC)cccc3CC)s2)CC1. The summed E-state index contributed by atoms with van der Waals surface area (Å²) in [5, 5.41) is 12.6. The molecule has 3 rings (SSSR count). The molecule has 0 atom stereocenters. The van der Waals surface area contributed by atoms with Crippen LogP contribution in [0.25, 0.3) is 0 Å². The molecule has 1 aliphatic heterocycles. The Balaban J connectivity index is 1.51. The Bertz CT molecular complexity index is 875. The highest BCUT2D eigenvalue weighted by atomic mass is 32.2. The van der Waals surface area contributed by atoms with E-state index >= 15 is 0 Å². The summed E-state index contributed by atoms with van der Waals surface area (Å²) in [5.41, 5.74) is 3.61. The lowest BCUT2D eigenvalue weighted by Gasteiger charge is -2.33. The predicted molar refractivity (Wildman–Crippen MR) is 124 cm³/mol. The lowest BCUT2D eigenvalue weighted by molar-refractivity contribution is -0.129. The predicted octanol–water partition coefficient (Wildman–Crippen LogP) is 3.80. The summed E-state index contributed by atoms with van der Waals surface area (Å²) in [6, 6.07) is 6.33. The van der Waals surface area contributed by atoms with Crippen LogP contribution >= 0.6 is 23.1 Å². The molecule has 2 aromatic rings. The van der Waals surface area contributed by atoms with Gasteiger partial charge < -0.3 is 19.9 Å². The number of para-hydroxylation sites is 1. The van der Waals surface area contributed by atoms with E-state index < -0.39 is 0 Å². The zero-order valence-electron chi connectivity index (χ0n) is 18.2. The highest BCUT2D eigenvalue weighted by molar-refractivity contribution is 8.01. The van der Waals surface area contributed by atoms with Gasteiger partial charge in [0.15, 0.2) is 4.34 Å². The quantitative estimate of drug-likeness (QED) is 0.596. The first-order chi connectivity index (χ1) is 15.0. The standard InChI is InChI=1S/C21H29N5O3S2/c1-4-15-8-7-9-16(5-2)18(15)22-19-23-24-20(31-19)30-14-17(27)25-10-12-26(13-11-25)21(28)29-6-3/h7-9H,4-6,10-14H2,1-3H3,(H,22,23). The van der Waals surface area contributed by atoms with Crippen LogP contribution in [0.2, 0.25) is 0 Å². The number of amides is 2. The first-order valence-electron chi connectivity index (χ1n) is 10.6. The maximum atomic E-state index is 12.5. The summed E-state index contributed by atoms with van der Waals surface area (Å²) in [4.78, 5) is 27.8. The molecule has 0 radical (unpaired) electrons. The molecule has 10 heteroatoms. The van der Waals surface area contributed by atoms with Crippen molar-refractivity contribution >= 4 is 45.9 Å². The Morgan fingerprint density at radius 2 is 1.71 bits per heavy atom. The third-order valence-electron chi connectivity index (χ3n) is 5.11. The van der Waals surface area contributed by atoms with E-state index in [1.807, 2.05) is 0 Å². The van der Waals surface area contributed by atoms with Crippen molar-refractivity contribution in [1.82, 2.24) is 20.0 Å². The van der Waals surface area contributed by atoms with Crippen molar-refractivity contribution in [3.05, 3.63) is 29.3 Å². The van der Waals surface area contributed by atoms with Gasteiger partial charge in [0.25, 0.3) is 0 Å². The van der Waals surface area contributed by atoms with Crippen LogP contribution in [-0.4, -0.2) is 70.5 Å². The summed E-state index contributed by atoms with van der Waals surface area (Å²) >= 11 is 2.85. The van der Waals surface area contributed by atoms with E-state index in [1.54, 1.807) is 16.7 Å². The number of benzene rings is 1. The van der Waals surface area contributed by atoms with Gasteiger partial charge in [-0.05, 0) is 30.9 Å². The van der Waals surface area contributed by atoms with Crippen LogP contribution in [0.3, 0.4) is 0 Å². The van der Waals surface area contributed by atoms with Gasteiger partial charge in [-0.15, -0.1) is 10.2 Å². The Morgan fingerprint density at radius 1 is 1.06 bits per heavy atom. The number of aryl methyl sites for hydroxylation is 2. The van der Waals surface area contributed by atoms with Crippen molar-refractivity contribution in [2.24, 2.45) is 0 Å². The van der Waals surface area contributed by atoms with Gasteiger partial charge >= 0.3 is 6.09 Å². The van der Waals surface area contributed by atoms with Crippen molar-refractivity contribution in [3.8, 4) is 0 Å². The molecule has 0 unspecified atom stereocenters. The molecule has 1 aromatic heterocycles. The van der Waals surface area contributed by atoms with Crippen LogP contribution in [0.5, 0.6) is 0 Å². The average Bonchev–Trinajstić information content (AvgIpc) is 3.25. The smallest absolute Gasteiger partial charge is 0.409 e. The van der Waals surface area contributed by atoms with Crippen LogP contribution < -0.4 is 5.32 Å². The van der Waals surface area contributed by atoms with Crippen LogP contribution in [0, 0.1) is 0 Å². The van der Waals surface area contributed by atoms with Crippen molar-refractivity contribution in [2.75, 3.05) is 43.9 Å². The fourth-order valence-electron chi connectivity index (χ4n) is 3.40. The molecule has 1 N–H and O–H groups in total. The van der Waals surface area contributed by atoms with E-state index in [9.17, 15) is 9.59 Å². The molecule has 1 fully saturated rings. The van der Waals surface area contributed by atoms with Gasteiger partial charge in [0.2, 0.25) is 11.0 Å². The largest absolute Gasteiger partial charge is 0.450 e. The van der Waals surface area contributed by atoms with Crippen molar-refractivity contribution < 1.29 is 14.3 Å². The van der Waals surface area contributed by atoms with Gasteiger partial charge in [-0.3, -0.25) is 4.79 Å². The number of nitrogens with zero attached hydrogens (tertiary/aromatic N) is 4. The van der Waals surface area contributed by atoms with E-state index in [4.69, 9.17) is 4.74 Å². The molecular formula is C21H29N5O3S2. The van der Waals surface area contributed by atoms with Crippen LogP contribution in [-0.2, 0) is 22.4 Å². The molecule has 0 saturated carbocycles. The van der Waals surface area contributed by atoms with Crippen LogP contribution in [0.15, 0.2) is 22.5 Å². The van der Waals surface area contributed by atoms with E-state index in [1.165, 1.54) is 34.2 Å². The molecular weight excluding hydrogens is 434 g/mol. The number of hydrogen-bond donors (Lipinski definition) is 1. The van der Waals surface area contributed by atoms with Gasteiger partial charge in [-0.1, -0.05) is 55.1 Å². The molecule has 8 nitrogen and oxygen atoms in total. The van der Waals surface area contributed by atoms with E-state index in [0.717, 1.165) is 28.0 Å². The van der Waals surface area contributed by atoms with Gasteiger partial charge in [0.1, 0.15) is 0 Å². The number of carbonyl (C=O) groups excluding carboxylic acids is 2. The minimum Gasteiger partial charge on any atom is -0.450 e. The third kappa shape index (κ3) is 6.10. The van der Waals surface area contributed by atoms with Crippen molar-refractivity contribution in [1.29, 1.82) is 0 Å². The van der Waals surface area contributed by atoms with Crippen molar-refractivity contribution in [2.45, 2.75) is 38.0 Å². The Kier molecular flexibility index (Phi) is 8.53. The molecule has 1 aromatic carbocycles. The first-order valence-corrected chi connectivity index (χ1v) is 12.4. The molecule has 0 bridgehead atoms. The number of rotatable bonds is 8. The molecule has 168 valence electrons. The molecule has 2 heterocycles. The summed E-state index contributed by atoms with van der Waals surface area (Å²) in [6.45, 7) is 8.46. The molecule has 1 aliphatic rings. The second kappa shape index (κ2) is 11.3. The molecule has 31 heavy (non-hydrogen) atoms. The summed E-state index contributed by atoms with van der Waals surface area (Å²) in [7, 11) is 0. The second-order valence-electron chi connectivity index (χ2n) is 7.01. The maximum Gasteiger partial charge on any atom is 0.409 e. The average molecular weight is 464 g/mol. The van der Waals surface area contributed by atoms with Crippen molar-refractivity contribution in [3.63, 3.8) is 0 Å². The number of aromatic nitrogens is 2. The zero-order valence-corrected chi connectivity index (χ0v) is 19.9. The summed E-state index contributed by atoms with van der Waals surface area (Å²) in [5.74, 6) is 0.350. The number of ether oxygens (including phenoxy) is 1. The maximum absolute atomic E-state index is 12.5. The normalized spacial score (nSPS) is 13.9. The Labute approximate surface area is 191 Å². The van der Waals surface area contributed by atoms with Gasteiger partial charge in [-0.25, -0.2) is 4.79 Å². The minimum absolute atomic E-state index is 0.0443. The molecule has 0 spiro atoms. The number of anilines is 2. The molecule has 2 amide bonds. The first kappa shape index (κ1) is 23.3. The lowest BCUT2D eigenvalue weighted by Crippen LogP contribution is -2.51. The highest BCUT2D eigenvalue weighted by Crippen LogP contribution is 2.31. The summed E-state index contributed by atoms with van der Waals surface area (Å²) in [6.07, 6.45) is 1.57. The Hall–Kier alpha value is -2.33. The third-order valence-corrected chi connectivity index (χ3v) is 7.07. The van der Waals surface area contributed by atoms with Crippen LogP contribution in [0.1, 0.15) is 31.9 Å². The monoisotopic (exact) mass is 463 g/mol. The van der Waals surface area contributed by atoms with Gasteiger partial charge in [0.05, 0.1) is 12.4 Å². The van der Waals surface area contributed by atoms with E-state index in [0.29, 0.717) is 38.5 Å². The Morgan fingerprint density at radius 3 is 2.32 bits per heavy atom. The van der Waals surface area contributed by atoms with Gasteiger partial charge in [-0.2, -0.15) is 0 Å². The molecule has 1 saturated heterocycles. The van der Waals surface area contributed by atoms with Gasteiger partial charge in [0, 0.05) is 31.9 Å². The number of hydrogen-bond acceptors (Lipinski definition) is 8. The molecule has 0 aliphatic carbocycles. The fourth-order valence-corrected chi connectivity index (χ4v) is 5.06. The fraction of sp³-hybridized carbons (Fsp3) is 0.524. The number of carbonyl (C=O) groups is 2. The highest BCUT2D eigenvalue weighted by Gasteiger charge is 2.25. The number of piperazine rings is 1. The number of thioether (sulfide) groups is 1.